The van der Waals surface area contributed by atoms with Crippen LogP contribution in [-0.2, 0) is 4.79 Å². The third-order valence-electron chi connectivity index (χ3n) is 3.42. The molecule has 3 aromatic rings. The molecule has 23 heavy (non-hydrogen) atoms. The lowest BCUT2D eigenvalue weighted by Crippen LogP contribution is -2.18. The topological polar surface area (TPSA) is 46.4 Å². The molecule has 1 N–H and O–H groups in total. The van der Waals surface area contributed by atoms with Crippen LogP contribution in [0.2, 0.25) is 5.02 Å². The minimum Gasteiger partial charge on any atom is -0.321 e. The van der Waals surface area contributed by atoms with Gasteiger partial charge >= 0.3 is 0 Å². The highest BCUT2D eigenvalue weighted by Gasteiger charge is 2.21. The smallest absolute Gasteiger partial charge is 0.247 e. The lowest BCUT2D eigenvalue weighted by Gasteiger charge is -2.12. The molecule has 1 atom stereocenters. The van der Waals surface area contributed by atoms with Crippen LogP contribution in [-0.4, -0.2) is 15.3 Å². The van der Waals surface area contributed by atoms with Gasteiger partial charge in [0, 0.05) is 11.2 Å². The number of nitrogens with zero attached hydrogens (tertiary/aromatic N) is 2. The number of imidazole rings is 1. The van der Waals surface area contributed by atoms with Crippen LogP contribution in [0.3, 0.4) is 0 Å². The maximum Gasteiger partial charge on any atom is 0.247 e. The third-order valence-corrected chi connectivity index (χ3v) is 5.15. The van der Waals surface area contributed by atoms with Crippen molar-refractivity contribution in [3.05, 3.63) is 63.5 Å². The molecule has 0 fully saturated rings. The summed E-state index contributed by atoms with van der Waals surface area (Å²) in [6, 6.07) is 10.6. The quantitative estimate of drug-likeness (QED) is 0.616. The van der Waals surface area contributed by atoms with Crippen molar-refractivity contribution < 1.29 is 4.79 Å². The number of halogens is 3. The Bertz CT molecular complexity index is 894. The summed E-state index contributed by atoms with van der Waals surface area (Å²) < 4.78 is 2.70. The zero-order valence-corrected chi connectivity index (χ0v) is 15.2. The highest BCUT2D eigenvalue weighted by atomic mass is 79.9. The van der Waals surface area contributed by atoms with Crippen molar-refractivity contribution in [3.8, 4) is 0 Å². The highest BCUT2D eigenvalue weighted by Crippen LogP contribution is 2.30. The van der Waals surface area contributed by atoms with Gasteiger partial charge in [0.2, 0.25) is 5.91 Å². The first-order valence-electron chi connectivity index (χ1n) is 6.81. The van der Waals surface area contributed by atoms with Gasteiger partial charge in [-0.25, -0.2) is 4.98 Å². The molecule has 1 amide bonds. The van der Waals surface area contributed by atoms with Crippen LogP contribution >= 0.6 is 39.1 Å². The molecule has 0 aliphatic rings. The van der Waals surface area contributed by atoms with Crippen molar-refractivity contribution in [2.45, 2.75) is 12.3 Å². The SMILES string of the molecule is Cc1nc2c(NC(=O)C(Cl)c3ccccc3Cl)cccn2c1Br. The molecule has 1 unspecified atom stereocenters. The third kappa shape index (κ3) is 3.09. The minimum absolute atomic E-state index is 0.357. The first kappa shape index (κ1) is 16.3. The number of aryl methyl sites for hydroxylation is 1. The molecule has 0 radical (unpaired) electrons. The van der Waals surface area contributed by atoms with E-state index < -0.39 is 5.38 Å². The van der Waals surface area contributed by atoms with Crippen molar-refractivity contribution in [2.75, 3.05) is 5.32 Å². The minimum atomic E-state index is -0.886. The summed E-state index contributed by atoms with van der Waals surface area (Å²) in [6.07, 6.45) is 1.86. The molecule has 1 aromatic carbocycles. The van der Waals surface area contributed by atoms with Gasteiger partial charge in [-0.3, -0.25) is 9.20 Å². The molecule has 3 rings (SSSR count). The Morgan fingerprint density at radius 1 is 1.30 bits per heavy atom. The summed E-state index contributed by atoms with van der Waals surface area (Å²) in [5.74, 6) is -0.357. The van der Waals surface area contributed by atoms with Crippen LogP contribution in [0.15, 0.2) is 47.2 Å². The maximum atomic E-state index is 12.5. The number of rotatable bonds is 3. The van der Waals surface area contributed by atoms with Crippen LogP contribution < -0.4 is 5.32 Å². The molecule has 118 valence electrons. The number of fused-ring (bicyclic) bond motifs is 1. The largest absolute Gasteiger partial charge is 0.321 e. The fraction of sp³-hybridized carbons (Fsp3) is 0.125. The van der Waals surface area contributed by atoms with Gasteiger partial charge in [-0.1, -0.05) is 29.8 Å². The molecule has 4 nitrogen and oxygen atoms in total. The van der Waals surface area contributed by atoms with E-state index in [9.17, 15) is 4.79 Å². The van der Waals surface area contributed by atoms with Gasteiger partial charge in [0.25, 0.3) is 0 Å². The van der Waals surface area contributed by atoms with Crippen LogP contribution in [0, 0.1) is 6.92 Å². The van der Waals surface area contributed by atoms with Crippen molar-refractivity contribution in [2.24, 2.45) is 0 Å². The van der Waals surface area contributed by atoms with E-state index in [2.05, 4.69) is 26.2 Å². The second-order valence-electron chi connectivity index (χ2n) is 4.98. The molecule has 0 aliphatic carbocycles. The zero-order chi connectivity index (χ0) is 16.6. The Morgan fingerprint density at radius 3 is 2.78 bits per heavy atom. The molecule has 0 spiro atoms. The van der Waals surface area contributed by atoms with Gasteiger partial charge in [0.05, 0.1) is 11.4 Å². The normalized spacial score (nSPS) is 12.3. The molecule has 0 saturated heterocycles. The summed E-state index contributed by atoms with van der Waals surface area (Å²) in [5.41, 5.74) is 2.64. The lowest BCUT2D eigenvalue weighted by molar-refractivity contribution is -0.116. The standard InChI is InChI=1S/C16H12BrCl2N3O/c1-9-14(17)22-8-4-7-12(15(22)20-9)21-16(23)13(19)10-5-2-3-6-11(10)18/h2-8,13H,1H3,(H,21,23). The zero-order valence-electron chi connectivity index (χ0n) is 12.1. The molecule has 2 aromatic heterocycles. The number of nitrogens with one attached hydrogen (secondary N) is 1. The molecule has 0 bridgehead atoms. The lowest BCUT2D eigenvalue weighted by atomic mass is 10.1. The average Bonchev–Trinajstić information content (AvgIpc) is 2.83. The van der Waals surface area contributed by atoms with Gasteiger partial charge in [0.15, 0.2) is 5.65 Å². The van der Waals surface area contributed by atoms with E-state index >= 15 is 0 Å². The Labute approximate surface area is 151 Å². The Morgan fingerprint density at radius 2 is 2.04 bits per heavy atom. The van der Waals surface area contributed by atoms with E-state index in [1.807, 2.05) is 23.6 Å². The number of pyridine rings is 1. The van der Waals surface area contributed by atoms with E-state index in [4.69, 9.17) is 23.2 Å². The second-order valence-corrected chi connectivity index (χ2v) is 6.57. The van der Waals surface area contributed by atoms with Crippen molar-refractivity contribution in [1.82, 2.24) is 9.38 Å². The Kier molecular flexibility index (Phi) is 4.62. The Hall–Kier alpha value is -1.56. The van der Waals surface area contributed by atoms with Gasteiger partial charge in [0.1, 0.15) is 9.98 Å². The summed E-state index contributed by atoms with van der Waals surface area (Å²) in [5, 5.41) is 2.39. The van der Waals surface area contributed by atoms with Crippen molar-refractivity contribution in [1.29, 1.82) is 0 Å². The summed E-state index contributed by atoms with van der Waals surface area (Å²) in [7, 11) is 0. The van der Waals surface area contributed by atoms with E-state index in [0.717, 1.165) is 10.3 Å². The van der Waals surface area contributed by atoms with Crippen LogP contribution in [0.4, 0.5) is 5.69 Å². The maximum absolute atomic E-state index is 12.5. The van der Waals surface area contributed by atoms with Crippen molar-refractivity contribution >= 4 is 56.4 Å². The number of benzene rings is 1. The fourth-order valence-electron chi connectivity index (χ4n) is 2.27. The van der Waals surface area contributed by atoms with Crippen LogP contribution in [0.1, 0.15) is 16.6 Å². The molecule has 7 heteroatoms. The summed E-state index contributed by atoms with van der Waals surface area (Å²) in [6.45, 7) is 1.89. The second kappa shape index (κ2) is 6.51. The molecule has 0 aliphatic heterocycles. The number of carbonyl (C=O) groups is 1. The molecule has 2 heterocycles. The summed E-state index contributed by atoms with van der Waals surface area (Å²) in [4.78, 5) is 16.9. The summed E-state index contributed by atoms with van der Waals surface area (Å²) >= 11 is 15.8. The van der Waals surface area contributed by atoms with Crippen LogP contribution in [0.25, 0.3) is 5.65 Å². The number of alkyl halides is 1. The molecular formula is C16H12BrCl2N3O. The monoisotopic (exact) mass is 411 g/mol. The molecular weight excluding hydrogens is 401 g/mol. The van der Waals surface area contributed by atoms with E-state index in [1.165, 1.54) is 0 Å². The number of anilines is 1. The number of aromatic nitrogens is 2. The van der Waals surface area contributed by atoms with E-state index in [-0.39, 0.29) is 5.91 Å². The molecule has 0 saturated carbocycles. The number of hydrogen-bond acceptors (Lipinski definition) is 2. The number of amides is 1. The van der Waals surface area contributed by atoms with E-state index in [1.54, 1.807) is 30.3 Å². The van der Waals surface area contributed by atoms with Crippen LogP contribution in [0.5, 0.6) is 0 Å². The first-order valence-corrected chi connectivity index (χ1v) is 8.42. The van der Waals surface area contributed by atoms with Gasteiger partial charge in [-0.05, 0) is 46.6 Å². The first-order chi connectivity index (χ1) is 11.0. The fourth-order valence-corrected chi connectivity index (χ4v) is 3.19. The Balaban J connectivity index is 1.92. The van der Waals surface area contributed by atoms with Gasteiger partial charge in [-0.2, -0.15) is 0 Å². The predicted molar refractivity (Wildman–Crippen MR) is 96.3 cm³/mol. The number of hydrogen-bond donors (Lipinski definition) is 1. The van der Waals surface area contributed by atoms with Crippen molar-refractivity contribution in [3.63, 3.8) is 0 Å². The predicted octanol–water partition coefficient (Wildman–Crippen LogP) is 4.98. The average molecular weight is 413 g/mol. The highest BCUT2D eigenvalue weighted by molar-refractivity contribution is 9.10. The van der Waals surface area contributed by atoms with E-state index in [0.29, 0.717) is 21.9 Å². The van der Waals surface area contributed by atoms with Gasteiger partial charge < -0.3 is 5.32 Å². The number of carbonyl (C=O) groups excluding carboxylic acids is 1. The van der Waals surface area contributed by atoms with Gasteiger partial charge in [-0.15, -0.1) is 11.6 Å².